The topological polar surface area (TPSA) is 49.4 Å². The maximum atomic E-state index is 13.4. The molecular formula is C14H14ClFN2O2. The van der Waals surface area contributed by atoms with Crippen molar-refractivity contribution in [2.75, 3.05) is 11.4 Å². The van der Waals surface area contributed by atoms with E-state index < -0.39 is 11.4 Å². The van der Waals surface area contributed by atoms with E-state index in [1.807, 2.05) is 0 Å². The van der Waals surface area contributed by atoms with Crippen LogP contribution in [0.5, 0.6) is 0 Å². The molecule has 1 unspecified atom stereocenters. The highest BCUT2D eigenvalue weighted by Crippen LogP contribution is 2.42. The van der Waals surface area contributed by atoms with Gasteiger partial charge >= 0.3 is 0 Å². The Labute approximate surface area is 120 Å². The molecule has 0 bridgehead atoms. The first kappa shape index (κ1) is 13.4. The number of piperazine rings is 1. The van der Waals surface area contributed by atoms with Gasteiger partial charge in [0, 0.05) is 0 Å². The Kier molecular flexibility index (Phi) is 2.97. The summed E-state index contributed by atoms with van der Waals surface area (Å²) in [5, 5.41) is 3.03. The fraction of sp³-hybridized carbons (Fsp3) is 0.429. The highest BCUT2D eigenvalue weighted by Gasteiger charge is 2.53. The molecule has 1 aliphatic carbocycles. The predicted octanol–water partition coefficient (Wildman–Crippen LogP) is 2.11. The summed E-state index contributed by atoms with van der Waals surface area (Å²) in [5.74, 6) is -0.822. The Hall–Kier alpha value is -1.62. The SMILES string of the molecule is CC1(C2CC2)NC(=O)CN(c2cc(F)ccc2Cl)C1=O. The summed E-state index contributed by atoms with van der Waals surface area (Å²) < 4.78 is 13.4. The molecule has 2 aliphatic rings. The van der Waals surface area contributed by atoms with Crippen LogP contribution < -0.4 is 10.2 Å². The van der Waals surface area contributed by atoms with Crippen molar-refractivity contribution in [2.24, 2.45) is 5.92 Å². The molecule has 1 aromatic rings. The number of amides is 2. The summed E-state index contributed by atoms with van der Waals surface area (Å²) in [6, 6.07) is 3.80. The Balaban J connectivity index is 2.01. The lowest BCUT2D eigenvalue weighted by Gasteiger charge is -2.40. The number of benzene rings is 1. The molecule has 1 atom stereocenters. The van der Waals surface area contributed by atoms with Gasteiger partial charge in [0.15, 0.2) is 0 Å². The first-order valence-electron chi connectivity index (χ1n) is 6.50. The van der Waals surface area contributed by atoms with E-state index in [0.717, 1.165) is 12.8 Å². The van der Waals surface area contributed by atoms with E-state index in [-0.39, 0.29) is 35.0 Å². The van der Waals surface area contributed by atoms with Crippen LogP contribution in [0.15, 0.2) is 18.2 Å². The Morgan fingerprint density at radius 2 is 2.10 bits per heavy atom. The first-order valence-corrected chi connectivity index (χ1v) is 6.87. The summed E-state index contributed by atoms with van der Waals surface area (Å²) in [6.07, 6.45) is 1.82. The second-order valence-electron chi connectivity index (χ2n) is 5.51. The number of nitrogens with one attached hydrogen (secondary N) is 1. The number of anilines is 1. The molecule has 2 amide bonds. The van der Waals surface area contributed by atoms with Crippen LogP contribution in [-0.4, -0.2) is 23.9 Å². The highest BCUT2D eigenvalue weighted by molar-refractivity contribution is 6.34. The van der Waals surface area contributed by atoms with Gasteiger partial charge in [0.2, 0.25) is 5.91 Å². The monoisotopic (exact) mass is 296 g/mol. The second kappa shape index (κ2) is 4.45. The highest BCUT2D eigenvalue weighted by atomic mass is 35.5. The molecule has 1 saturated heterocycles. The van der Waals surface area contributed by atoms with Gasteiger partial charge in [0.05, 0.1) is 10.7 Å². The largest absolute Gasteiger partial charge is 0.340 e. The van der Waals surface area contributed by atoms with Crippen molar-refractivity contribution in [3.8, 4) is 0 Å². The zero-order valence-electron chi connectivity index (χ0n) is 11.0. The van der Waals surface area contributed by atoms with E-state index in [4.69, 9.17) is 11.6 Å². The molecule has 2 fully saturated rings. The molecule has 1 N–H and O–H groups in total. The molecular weight excluding hydrogens is 283 g/mol. The lowest BCUT2D eigenvalue weighted by Crippen LogP contribution is -2.66. The minimum absolute atomic E-state index is 0.135. The van der Waals surface area contributed by atoms with Crippen molar-refractivity contribution in [2.45, 2.75) is 25.3 Å². The van der Waals surface area contributed by atoms with Crippen LogP contribution in [0.2, 0.25) is 5.02 Å². The lowest BCUT2D eigenvalue weighted by molar-refractivity contribution is -0.136. The number of hydrogen-bond donors (Lipinski definition) is 1. The van der Waals surface area contributed by atoms with E-state index >= 15 is 0 Å². The van der Waals surface area contributed by atoms with Gasteiger partial charge in [-0.15, -0.1) is 0 Å². The smallest absolute Gasteiger partial charge is 0.253 e. The number of hydrogen-bond acceptors (Lipinski definition) is 2. The van der Waals surface area contributed by atoms with Gasteiger partial charge in [-0.05, 0) is 43.9 Å². The molecule has 1 saturated carbocycles. The van der Waals surface area contributed by atoms with Crippen LogP contribution in [0.25, 0.3) is 0 Å². The normalized spacial score (nSPS) is 26.6. The average Bonchev–Trinajstić information content (AvgIpc) is 3.21. The molecule has 0 radical (unpaired) electrons. The molecule has 6 heteroatoms. The van der Waals surface area contributed by atoms with Gasteiger partial charge in [-0.2, -0.15) is 0 Å². The van der Waals surface area contributed by atoms with Gasteiger partial charge in [-0.25, -0.2) is 4.39 Å². The van der Waals surface area contributed by atoms with Gasteiger partial charge in [-0.1, -0.05) is 11.6 Å². The molecule has 1 aromatic carbocycles. The third-order valence-corrected chi connectivity index (χ3v) is 4.30. The zero-order chi connectivity index (χ0) is 14.5. The van der Waals surface area contributed by atoms with E-state index in [1.165, 1.54) is 23.1 Å². The van der Waals surface area contributed by atoms with Gasteiger partial charge in [0.25, 0.3) is 5.91 Å². The summed E-state index contributed by atoms with van der Waals surface area (Å²) >= 11 is 6.04. The average molecular weight is 297 g/mol. The summed E-state index contributed by atoms with van der Waals surface area (Å²) in [7, 11) is 0. The molecule has 106 valence electrons. The molecule has 1 aliphatic heterocycles. The Morgan fingerprint density at radius 1 is 1.40 bits per heavy atom. The summed E-state index contributed by atoms with van der Waals surface area (Å²) in [6.45, 7) is 1.59. The zero-order valence-corrected chi connectivity index (χ0v) is 11.7. The standard InChI is InChI=1S/C14H14ClFN2O2/c1-14(8-2-3-8)13(20)18(7-12(19)17-14)11-6-9(16)4-5-10(11)15/h4-6,8H,2-3,7H2,1H3,(H,17,19). The molecule has 1 heterocycles. The van der Waals surface area contributed by atoms with Crippen LogP contribution in [0, 0.1) is 11.7 Å². The van der Waals surface area contributed by atoms with Crippen LogP contribution in [0.1, 0.15) is 19.8 Å². The van der Waals surface area contributed by atoms with Crippen molar-refractivity contribution < 1.29 is 14.0 Å². The number of rotatable bonds is 2. The Bertz CT molecular complexity index is 603. The minimum Gasteiger partial charge on any atom is -0.340 e. The van der Waals surface area contributed by atoms with Crippen LogP contribution >= 0.6 is 11.6 Å². The van der Waals surface area contributed by atoms with Crippen molar-refractivity contribution in [3.05, 3.63) is 29.0 Å². The van der Waals surface area contributed by atoms with E-state index in [2.05, 4.69) is 5.32 Å². The molecule has 0 spiro atoms. The molecule has 20 heavy (non-hydrogen) atoms. The first-order chi connectivity index (χ1) is 9.41. The van der Waals surface area contributed by atoms with Crippen LogP contribution in [-0.2, 0) is 9.59 Å². The predicted molar refractivity (Wildman–Crippen MR) is 73.0 cm³/mol. The quantitative estimate of drug-likeness (QED) is 0.909. The van der Waals surface area contributed by atoms with Gasteiger partial charge in [-0.3, -0.25) is 14.5 Å². The summed E-state index contributed by atoms with van der Waals surface area (Å²) in [5.41, 5.74) is -0.663. The van der Waals surface area contributed by atoms with Crippen molar-refractivity contribution >= 4 is 29.1 Å². The lowest BCUT2D eigenvalue weighted by atomic mass is 9.91. The minimum atomic E-state index is -0.912. The molecule has 3 rings (SSSR count). The number of nitrogens with zero attached hydrogens (tertiary/aromatic N) is 1. The fourth-order valence-corrected chi connectivity index (χ4v) is 2.92. The van der Waals surface area contributed by atoms with Gasteiger partial charge < -0.3 is 5.32 Å². The molecule has 4 nitrogen and oxygen atoms in total. The number of carbonyl (C=O) groups is 2. The Morgan fingerprint density at radius 3 is 2.75 bits per heavy atom. The third-order valence-electron chi connectivity index (χ3n) is 3.98. The maximum absolute atomic E-state index is 13.4. The number of halogens is 2. The van der Waals surface area contributed by atoms with Crippen LogP contribution in [0.4, 0.5) is 10.1 Å². The van der Waals surface area contributed by atoms with Crippen molar-refractivity contribution in [3.63, 3.8) is 0 Å². The van der Waals surface area contributed by atoms with Crippen molar-refractivity contribution in [1.29, 1.82) is 0 Å². The van der Waals surface area contributed by atoms with Crippen LogP contribution in [0.3, 0.4) is 0 Å². The fourth-order valence-electron chi connectivity index (χ4n) is 2.70. The van der Waals surface area contributed by atoms with Crippen molar-refractivity contribution in [1.82, 2.24) is 5.32 Å². The van der Waals surface area contributed by atoms with Gasteiger partial charge in [0.1, 0.15) is 17.9 Å². The van der Waals surface area contributed by atoms with E-state index in [1.54, 1.807) is 6.92 Å². The maximum Gasteiger partial charge on any atom is 0.253 e. The van der Waals surface area contributed by atoms with E-state index in [9.17, 15) is 14.0 Å². The third kappa shape index (κ3) is 2.06. The molecule has 0 aromatic heterocycles. The number of carbonyl (C=O) groups excluding carboxylic acids is 2. The second-order valence-corrected chi connectivity index (χ2v) is 5.92. The van der Waals surface area contributed by atoms with E-state index in [0.29, 0.717) is 0 Å². The summed E-state index contributed by atoms with van der Waals surface area (Å²) in [4.78, 5) is 25.8.